The van der Waals surface area contributed by atoms with E-state index in [0.717, 1.165) is 16.5 Å². The predicted molar refractivity (Wildman–Crippen MR) is 70.3 cm³/mol. The molecule has 1 aromatic carbocycles. The molecule has 3 rings (SSSR count). The lowest BCUT2D eigenvalue weighted by Crippen LogP contribution is -2.02. The molecule has 5 nitrogen and oxygen atoms in total. The Kier molecular flexibility index (Phi) is 3.25. The van der Waals surface area contributed by atoms with E-state index < -0.39 is 29.0 Å². The van der Waals surface area contributed by atoms with Crippen molar-refractivity contribution in [2.24, 2.45) is 0 Å². The summed E-state index contributed by atoms with van der Waals surface area (Å²) < 4.78 is 42.0. The van der Waals surface area contributed by atoms with Gasteiger partial charge in [-0.3, -0.25) is 4.40 Å². The van der Waals surface area contributed by atoms with Crippen LogP contribution in [0.15, 0.2) is 24.4 Å². The monoisotopic (exact) mass is 327 g/mol. The molecule has 22 heavy (non-hydrogen) atoms. The molecule has 0 atom stereocenters. The second kappa shape index (κ2) is 4.99. The Hall–Kier alpha value is -2.61. The van der Waals surface area contributed by atoms with Crippen molar-refractivity contribution in [3.8, 4) is 11.4 Å². The number of carboxylic acids is 1. The Morgan fingerprint density at radius 2 is 1.82 bits per heavy atom. The maximum Gasteiger partial charge on any atom is 0.337 e. The molecule has 0 bridgehead atoms. The summed E-state index contributed by atoms with van der Waals surface area (Å²) in [5.41, 5.74) is -1.07. The Morgan fingerprint density at radius 1 is 1.14 bits per heavy atom. The number of benzene rings is 1. The van der Waals surface area contributed by atoms with Crippen molar-refractivity contribution in [1.82, 2.24) is 14.6 Å². The number of halogens is 4. The van der Waals surface area contributed by atoms with Crippen LogP contribution in [0.25, 0.3) is 17.0 Å². The van der Waals surface area contributed by atoms with Crippen LogP contribution < -0.4 is 0 Å². The van der Waals surface area contributed by atoms with Gasteiger partial charge in [0.1, 0.15) is 10.8 Å². The predicted octanol–water partition coefficient (Wildman–Crippen LogP) is 3.17. The van der Waals surface area contributed by atoms with Crippen molar-refractivity contribution in [1.29, 1.82) is 0 Å². The topological polar surface area (TPSA) is 67.5 Å². The zero-order chi connectivity index (χ0) is 16.0. The number of rotatable bonds is 2. The van der Waals surface area contributed by atoms with E-state index in [2.05, 4.69) is 10.2 Å². The third-order valence-corrected chi connectivity index (χ3v) is 3.39. The molecule has 1 N–H and O–H groups in total. The lowest BCUT2D eigenvalue weighted by Gasteiger charge is -2.05. The normalized spacial score (nSPS) is 11.1. The summed E-state index contributed by atoms with van der Waals surface area (Å²) in [6.07, 6.45) is 1.18. The van der Waals surface area contributed by atoms with Gasteiger partial charge < -0.3 is 5.11 Å². The largest absolute Gasteiger partial charge is 0.478 e. The van der Waals surface area contributed by atoms with Crippen LogP contribution in [0.5, 0.6) is 0 Å². The summed E-state index contributed by atoms with van der Waals surface area (Å²) in [7, 11) is 0. The van der Waals surface area contributed by atoms with E-state index in [1.807, 2.05) is 0 Å². The van der Waals surface area contributed by atoms with Gasteiger partial charge >= 0.3 is 5.97 Å². The second-order valence-corrected chi connectivity index (χ2v) is 4.66. The van der Waals surface area contributed by atoms with Gasteiger partial charge in [-0.15, -0.1) is 10.2 Å². The van der Waals surface area contributed by atoms with Crippen LogP contribution in [-0.2, 0) is 0 Å². The first kappa shape index (κ1) is 14.3. The fraction of sp³-hybridized carbons (Fsp3) is 0. The van der Waals surface area contributed by atoms with Crippen LogP contribution in [0.1, 0.15) is 10.4 Å². The zero-order valence-corrected chi connectivity index (χ0v) is 11.3. The fourth-order valence-corrected chi connectivity index (χ4v) is 2.27. The number of carbonyl (C=O) groups is 1. The summed E-state index contributed by atoms with van der Waals surface area (Å²) in [5, 5.41) is 15.9. The number of hydrogen-bond acceptors (Lipinski definition) is 3. The highest BCUT2D eigenvalue weighted by Gasteiger charge is 2.23. The van der Waals surface area contributed by atoms with Crippen LogP contribution >= 0.6 is 11.6 Å². The molecule has 0 saturated carbocycles. The highest BCUT2D eigenvalue weighted by Crippen LogP contribution is 2.29. The molecule has 0 saturated heterocycles. The van der Waals surface area contributed by atoms with Crippen LogP contribution in [0.2, 0.25) is 5.02 Å². The van der Waals surface area contributed by atoms with Gasteiger partial charge in [0.2, 0.25) is 0 Å². The summed E-state index contributed by atoms with van der Waals surface area (Å²) in [6.45, 7) is 0. The van der Waals surface area contributed by atoms with Crippen molar-refractivity contribution < 1.29 is 23.1 Å². The van der Waals surface area contributed by atoms with E-state index in [1.54, 1.807) is 0 Å². The number of fused-ring (bicyclic) bond motifs is 1. The van der Waals surface area contributed by atoms with Gasteiger partial charge in [0.05, 0.1) is 11.1 Å². The molecule has 0 aliphatic carbocycles. The van der Waals surface area contributed by atoms with E-state index in [0.29, 0.717) is 6.07 Å². The molecule has 0 unspecified atom stereocenters. The number of carboxylic acid groups (broad SMARTS) is 1. The minimum absolute atomic E-state index is 0.111. The standard InChI is InChI=1S/C13H5ClF3N3O2/c14-9-5(13(21)22)3-4-20-11(18-19-12(9)20)8-6(15)1-2-7(16)10(8)17/h1-4H,(H,21,22). The van der Waals surface area contributed by atoms with Gasteiger partial charge in [0, 0.05) is 6.20 Å². The van der Waals surface area contributed by atoms with Crippen molar-refractivity contribution in [3.63, 3.8) is 0 Å². The number of aromatic nitrogens is 3. The quantitative estimate of drug-likeness (QED) is 0.734. The molecular formula is C13H5ClF3N3O2. The second-order valence-electron chi connectivity index (χ2n) is 4.28. The molecular weight excluding hydrogens is 323 g/mol. The Labute approximate surface area is 125 Å². The number of pyridine rings is 1. The molecule has 2 heterocycles. The zero-order valence-electron chi connectivity index (χ0n) is 10.5. The molecule has 0 radical (unpaired) electrons. The molecule has 0 aliphatic rings. The van der Waals surface area contributed by atoms with E-state index in [4.69, 9.17) is 16.7 Å². The first-order chi connectivity index (χ1) is 10.4. The maximum absolute atomic E-state index is 13.8. The minimum atomic E-state index is -1.42. The van der Waals surface area contributed by atoms with E-state index in [1.165, 1.54) is 6.20 Å². The van der Waals surface area contributed by atoms with Gasteiger partial charge in [-0.05, 0) is 18.2 Å². The molecule has 0 aliphatic heterocycles. The lowest BCUT2D eigenvalue weighted by molar-refractivity contribution is 0.0697. The number of nitrogens with zero attached hydrogens (tertiary/aromatic N) is 3. The summed E-state index contributed by atoms with van der Waals surface area (Å²) in [4.78, 5) is 11.0. The molecule has 0 spiro atoms. The van der Waals surface area contributed by atoms with Gasteiger partial charge in [-0.25, -0.2) is 18.0 Å². The maximum atomic E-state index is 13.8. The molecule has 0 fully saturated rings. The first-order valence-corrected chi connectivity index (χ1v) is 6.20. The summed E-state index contributed by atoms with van der Waals surface area (Å²) >= 11 is 5.88. The first-order valence-electron chi connectivity index (χ1n) is 5.82. The lowest BCUT2D eigenvalue weighted by atomic mass is 10.1. The number of aromatic carboxylic acids is 1. The smallest absolute Gasteiger partial charge is 0.337 e. The molecule has 2 aromatic heterocycles. The van der Waals surface area contributed by atoms with Gasteiger partial charge in [-0.2, -0.15) is 0 Å². The van der Waals surface area contributed by atoms with Crippen molar-refractivity contribution in [2.45, 2.75) is 0 Å². The van der Waals surface area contributed by atoms with Crippen LogP contribution in [0, 0.1) is 17.5 Å². The van der Waals surface area contributed by atoms with Crippen molar-refractivity contribution in [2.75, 3.05) is 0 Å². The van der Waals surface area contributed by atoms with Gasteiger partial charge in [-0.1, -0.05) is 11.6 Å². The van der Waals surface area contributed by atoms with Crippen LogP contribution in [0.4, 0.5) is 13.2 Å². The highest BCUT2D eigenvalue weighted by atomic mass is 35.5. The molecule has 3 aromatic rings. The fourth-order valence-electron chi connectivity index (χ4n) is 1.99. The Balaban J connectivity index is 2.33. The van der Waals surface area contributed by atoms with Crippen LogP contribution in [0.3, 0.4) is 0 Å². The van der Waals surface area contributed by atoms with Gasteiger partial charge in [0.15, 0.2) is 23.1 Å². The average Bonchev–Trinajstić information content (AvgIpc) is 2.88. The van der Waals surface area contributed by atoms with E-state index in [-0.39, 0.29) is 22.1 Å². The van der Waals surface area contributed by atoms with Crippen molar-refractivity contribution in [3.05, 3.63) is 52.4 Å². The average molecular weight is 328 g/mol. The van der Waals surface area contributed by atoms with E-state index in [9.17, 15) is 18.0 Å². The Bertz CT molecular complexity index is 927. The third-order valence-electron chi connectivity index (χ3n) is 3.02. The van der Waals surface area contributed by atoms with Crippen molar-refractivity contribution >= 4 is 23.2 Å². The molecule has 9 heteroatoms. The third kappa shape index (κ3) is 2.00. The summed E-state index contributed by atoms with van der Waals surface area (Å²) in [6, 6.07) is 2.52. The van der Waals surface area contributed by atoms with E-state index >= 15 is 0 Å². The van der Waals surface area contributed by atoms with Gasteiger partial charge in [0.25, 0.3) is 0 Å². The summed E-state index contributed by atoms with van der Waals surface area (Å²) in [5.74, 6) is -5.33. The Morgan fingerprint density at radius 3 is 2.50 bits per heavy atom. The highest BCUT2D eigenvalue weighted by molar-refractivity contribution is 6.36. The molecule has 112 valence electrons. The minimum Gasteiger partial charge on any atom is -0.478 e. The number of hydrogen-bond donors (Lipinski definition) is 1. The van der Waals surface area contributed by atoms with Crippen LogP contribution in [-0.4, -0.2) is 25.7 Å². The SMILES string of the molecule is O=C(O)c1ccn2c(-c3c(F)ccc(F)c3F)nnc2c1Cl. The molecule has 0 amide bonds.